The van der Waals surface area contributed by atoms with Gasteiger partial charge in [0.1, 0.15) is 0 Å². The maximum absolute atomic E-state index is 3.93. The highest BCUT2D eigenvalue weighted by Crippen LogP contribution is 2.28. The van der Waals surface area contributed by atoms with Crippen molar-refractivity contribution in [2.75, 3.05) is 0 Å². The molecule has 0 N–H and O–H groups in total. The van der Waals surface area contributed by atoms with E-state index < -0.39 is 0 Å². The van der Waals surface area contributed by atoms with E-state index in [0.29, 0.717) is 11.6 Å². The van der Waals surface area contributed by atoms with Crippen LogP contribution in [-0.4, -0.2) is 20.4 Å². The Morgan fingerprint density at radius 3 is 2.38 bits per heavy atom. The van der Waals surface area contributed by atoms with E-state index in [4.69, 9.17) is 0 Å². The van der Waals surface area contributed by atoms with E-state index in [2.05, 4.69) is 36.3 Å². The molecule has 0 aliphatic rings. The van der Waals surface area contributed by atoms with Crippen molar-refractivity contribution in [2.45, 2.75) is 6.92 Å². The summed E-state index contributed by atoms with van der Waals surface area (Å²) in [6.07, 6.45) is 0. The Hall–Kier alpha value is -0.880. The molecule has 6 heteroatoms. The number of nitrogens with zero attached hydrogens (tertiary/aromatic N) is 4. The second kappa shape index (κ2) is 3.47. The van der Waals surface area contributed by atoms with Crippen LogP contribution in [0.4, 0.5) is 0 Å². The van der Waals surface area contributed by atoms with Crippen molar-refractivity contribution in [3.8, 4) is 10.7 Å². The molecule has 0 bridgehead atoms. The highest BCUT2D eigenvalue weighted by molar-refractivity contribution is 9.11. The van der Waals surface area contributed by atoms with Gasteiger partial charge in [0, 0.05) is 0 Å². The molecule has 0 aromatic carbocycles. The average Bonchev–Trinajstić information content (AvgIpc) is 2.53. The maximum atomic E-state index is 3.93. The second-order valence-electron chi connectivity index (χ2n) is 2.37. The maximum Gasteiger partial charge on any atom is 0.213 e. The van der Waals surface area contributed by atoms with Crippen molar-refractivity contribution < 1.29 is 0 Å². The highest BCUT2D eigenvalue weighted by Gasteiger charge is 2.04. The third kappa shape index (κ3) is 1.89. The minimum absolute atomic E-state index is 0.571. The first-order valence-corrected chi connectivity index (χ1v) is 5.16. The zero-order chi connectivity index (χ0) is 9.26. The number of aromatic nitrogens is 4. The van der Waals surface area contributed by atoms with Crippen LogP contribution in [0.15, 0.2) is 15.9 Å². The van der Waals surface area contributed by atoms with E-state index in [1.54, 1.807) is 18.3 Å². The SMILES string of the molecule is Cc1nnc(-c2ccc(Br)s2)nn1. The van der Waals surface area contributed by atoms with Gasteiger partial charge in [-0.3, -0.25) is 0 Å². The van der Waals surface area contributed by atoms with Crippen LogP contribution >= 0.6 is 27.3 Å². The van der Waals surface area contributed by atoms with Crippen molar-refractivity contribution in [3.05, 3.63) is 21.7 Å². The summed E-state index contributed by atoms with van der Waals surface area (Å²) in [6.45, 7) is 1.76. The van der Waals surface area contributed by atoms with Crippen LogP contribution in [-0.2, 0) is 0 Å². The molecule has 0 saturated heterocycles. The zero-order valence-corrected chi connectivity index (χ0v) is 9.13. The Morgan fingerprint density at radius 2 is 1.85 bits per heavy atom. The predicted molar refractivity (Wildman–Crippen MR) is 53.4 cm³/mol. The highest BCUT2D eigenvalue weighted by atomic mass is 79.9. The summed E-state index contributed by atoms with van der Waals surface area (Å²) in [5.74, 6) is 1.15. The van der Waals surface area contributed by atoms with Crippen LogP contribution in [0, 0.1) is 6.92 Å². The molecule has 0 atom stereocenters. The molecule has 0 aliphatic heterocycles. The fraction of sp³-hybridized carbons (Fsp3) is 0.143. The molecular formula is C7H5BrN4S. The summed E-state index contributed by atoms with van der Waals surface area (Å²) in [4.78, 5) is 0.965. The lowest BCUT2D eigenvalue weighted by Crippen LogP contribution is -1.97. The molecule has 2 aromatic heterocycles. The molecule has 0 unspecified atom stereocenters. The lowest BCUT2D eigenvalue weighted by molar-refractivity contribution is 0.818. The lowest BCUT2D eigenvalue weighted by atomic mass is 10.4. The van der Waals surface area contributed by atoms with Gasteiger partial charge >= 0.3 is 0 Å². The van der Waals surface area contributed by atoms with Crippen LogP contribution in [0.2, 0.25) is 0 Å². The minimum atomic E-state index is 0.571. The van der Waals surface area contributed by atoms with Crippen LogP contribution in [0.25, 0.3) is 10.7 Å². The quantitative estimate of drug-likeness (QED) is 0.784. The third-order valence-corrected chi connectivity index (χ3v) is 2.99. The van der Waals surface area contributed by atoms with Crippen LogP contribution in [0.3, 0.4) is 0 Å². The van der Waals surface area contributed by atoms with E-state index >= 15 is 0 Å². The first-order chi connectivity index (χ1) is 6.25. The molecule has 2 rings (SSSR count). The standard InChI is InChI=1S/C7H5BrN4S/c1-4-9-11-7(12-10-4)5-2-3-6(8)13-5/h2-3H,1H3. The van der Waals surface area contributed by atoms with Crippen LogP contribution in [0.1, 0.15) is 5.82 Å². The smallest absolute Gasteiger partial charge is 0.131 e. The van der Waals surface area contributed by atoms with E-state index in [0.717, 1.165) is 8.66 Å². The summed E-state index contributed by atoms with van der Waals surface area (Å²) >= 11 is 4.92. The lowest BCUT2D eigenvalue weighted by Gasteiger charge is -1.91. The first-order valence-electron chi connectivity index (χ1n) is 3.55. The Balaban J connectivity index is 2.41. The largest absolute Gasteiger partial charge is 0.213 e. The number of halogens is 1. The normalized spacial score (nSPS) is 10.3. The van der Waals surface area contributed by atoms with Gasteiger partial charge in [0.25, 0.3) is 0 Å². The fourth-order valence-corrected chi connectivity index (χ4v) is 2.12. The molecule has 0 radical (unpaired) electrons. The summed E-state index contributed by atoms with van der Waals surface area (Å²) in [6, 6.07) is 3.88. The van der Waals surface area contributed by atoms with Gasteiger partial charge < -0.3 is 0 Å². The number of hydrogen-bond acceptors (Lipinski definition) is 5. The van der Waals surface area contributed by atoms with Gasteiger partial charge in [-0.05, 0) is 35.0 Å². The van der Waals surface area contributed by atoms with E-state index in [-0.39, 0.29) is 0 Å². The van der Waals surface area contributed by atoms with Gasteiger partial charge in [-0.2, -0.15) is 0 Å². The number of aryl methyl sites for hydroxylation is 1. The topological polar surface area (TPSA) is 51.6 Å². The van der Waals surface area contributed by atoms with Crippen LogP contribution < -0.4 is 0 Å². The Bertz CT molecular complexity index is 411. The molecule has 2 heterocycles. The summed E-state index contributed by atoms with van der Waals surface area (Å²) in [7, 11) is 0. The summed E-state index contributed by atoms with van der Waals surface area (Å²) in [5, 5.41) is 15.5. The Kier molecular flexibility index (Phi) is 2.32. The second-order valence-corrected chi connectivity index (χ2v) is 4.84. The number of thiophene rings is 1. The molecule has 13 heavy (non-hydrogen) atoms. The molecule has 0 spiro atoms. The number of rotatable bonds is 1. The van der Waals surface area contributed by atoms with E-state index in [9.17, 15) is 0 Å². The van der Waals surface area contributed by atoms with Gasteiger partial charge in [-0.15, -0.1) is 31.7 Å². The Labute approximate surface area is 87.2 Å². The molecule has 66 valence electrons. The van der Waals surface area contributed by atoms with E-state index in [1.165, 1.54) is 0 Å². The zero-order valence-electron chi connectivity index (χ0n) is 6.73. The molecule has 0 aliphatic carbocycles. The first kappa shape index (κ1) is 8.71. The monoisotopic (exact) mass is 256 g/mol. The third-order valence-electron chi connectivity index (χ3n) is 1.37. The average molecular weight is 257 g/mol. The summed E-state index contributed by atoms with van der Waals surface area (Å²) < 4.78 is 1.05. The molecule has 4 nitrogen and oxygen atoms in total. The summed E-state index contributed by atoms with van der Waals surface area (Å²) in [5.41, 5.74) is 0. The van der Waals surface area contributed by atoms with E-state index in [1.807, 2.05) is 12.1 Å². The van der Waals surface area contributed by atoms with Crippen molar-refractivity contribution in [3.63, 3.8) is 0 Å². The Morgan fingerprint density at radius 1 is 1.15 bits per heavy atom. The fourth-order valence-electron chi connectivity index (χ4n) is 0.812. The van der Waals surface area contributed by atoms with Crippen molar-refractivity contribution in [1.82, 2.24) is 20.4 Å². The van der Waals surface area contributed by atoms with Gasteiger partial charge in [0.05, 0.1) is 8.66 Å². The number of hydrogen-bond donors (Lipinski definition) is 0. The van der Waals surface area contributed by atoms with Gasteiger partial charge in [0.2, 0.25) is 5.82 Å². The molecule has 0 amide bonds. The molecule has 0 fully saturated rings. The van der Waals surface area contributed by atoms with Gasteiger partial charge in [0.15, 0.2) is 5.82 Å². The molecule has 2 aromatic rings. The molecule has 0 saturated carbocycles. The minimum Gasteiger partial charge on any atom is -0.131 e. The van der Waals surface area contributed by atoms with Crippen molar-refractivity contribution in [1.29, 1.82) is 0 Å². The van der Waals surface area contributed by atoms with Crippen molar-refractivity contribution in [2.24, 2.45) is 0 Å². The molecular weight excluding hydrogens is 252 g/mol. The van der Waals surface area contributed by atoms with Gasteiger partial charge in [-0.25, -0.2) is 0 Å². The predicted octanol–water partition coefficient (Wildman–Crippen LogP) is 2.07. The van der Waals surface area contributed by atoms with Crippen molar-refractivity contribution >= 4 is 27.3 Å². The van der Waals surface area contributed by atoms with Gasteiger partial charge in [-0.1, -0.05) is 0 Å². The van der Waals surface area contributed by atoms with Crippen LogP contribution in [0.5, 0.6) is 0 Å².